The molecule has 0 radical (unpaired) electrons. The Morgan fingerprint density at radius 3 is 2.52 bits per heavy atom. The summed E-state index contributed by atoms with van der Waals surface area (Å²) in [6, 6.07) is 18.8. The molecular weight excluding hydrogens is 260 g/mol. The molecular formula is C18H22N2O. The third kappa shape index (κ3) is 3.84. The maximum absolute atomic E-state index is 9.39. The number of hydrogen-bond donors (Lipinski definition) is 2. The highest BCUT2D eigenvalue weighted by Crippen LogP contribution is 2.16. The van der Waals surface area contributed by atoms with Gasteiger partial charge in [0, 0.05) is 32.2 Å². The average Bonchev–Trinajstić information content (AvgIpc) is 2.52. The second-order valence-electron chi connectivity index (χ2n) is 5.68. The van der Waals surface area contributed by atoms with Crippen LogP contribution in [0.25, 0.3) is 0 Å². The summed E-state index contributed by atoms with van der Waals surface area (Å²) >= 11 is 0. The van der Waals surface area contributed by atoms with E-state index >= 15 is 0 Å². The van der Waals surface area contributed by atoms with Gasteiger partial charge in [-0.2, -0.15) is 0 Å². The number of nitrogens with zero attached hydrogens (tertiary/aromatic N) is 1. The van der Waals surface area contributed by atoms with Gasteiger partial charge >= 0.3 is 0 Å². The van der Waals surface area contributed by atoms with Crippen molar-refractivity contribution in [1.29, 1.82) is 0 Å². The lowest BCUT2D eigenvalue weighted by atomic mass is 10.0. The van der Waals surface area contributed by atoms with Crippen LogP contribution < -0.4 is 5.32 Å². The van der Waals surface area contributed by atoms with Crippen molar-refractivity contribution in [3.05, 3.63) is 65.7 Å². The maximum Gasteiger partial charge on any atom is 0.115 e. The summed E-state index contributed by atoms with van der Waals surface area (Å²) in [5.74, 6) is 0.333. The van der Waals surface area contributed by atoms with Gasteiger partial charge in [-0.05, 0) is 29.7 Å². The van der Waals surface area contributed by atoms with Crippen LogP contribution in [0.2, 0.25) is 0 Å². The molecule has 0 amide bonds. The van der Waals surface area contributed by atoms with Crippen molar-refractivity contribution in [2.24, 2.45) is 0 Å². The Balaban J connectivity index is 1.68. The molecule has 3 rings (SSSR count). The maximum atomic E-state index is 9.39. The van der Waals surface area contributed by atoms with Gasteiger partial charge in [-0.15, -0.1) is 0 Å². The van der Waals surface area contributed by atoms with E-state index in [1.807, 2.05) is 12.1 Å². The summed E-state index contributed by atoms with van der Waals surface area (Å²) in [5.41, 5.74) is 2.65. The number of rotatable bonds is 4. The molecule has 0 spiro atoms. The number of hydrogen-bond acceptors (Lipinski definition) is 3. The Kier molecular flexibility index (Phi) is 4.53. The molecule has 1 atom stereocenters. The third-order valence-electron chi connectivity index (χ3n) is 4.11. The number of phenols is 1. The molecule has 0 saturated carbocycles. The lowest BCUT2D eigenvalue weighted by Gasteiger charge is -2.36. The number of nitrogens with one attached hydrogen (secondary N) is 1. The fourth-order valence-corrected chi connectivity index (χ4v) is 2.93. The fourth-order valence-electron chi connectivity index (χ4n) is 2.93. The molecule has 2 aromatic rings. The van der Waals surface area contributed by atoms with Crippen LogP contribution in [-0.2, 0) is 13.0 Å². The minimum atomic E-state index is 0.333. The molecule has 2 aromatic carbocycles. The zero-order valence-corrected chi connectivity index (χ0v) is 12.2. The second-order valence-corrected chi connectivity index (χ2v) is 5.68. The van der Waals surface area contributed by atoms with Crippen molar-refractivity contribution in [3.63, 3.8) is 0 Å². The first kappa shape index (κ1) is 14.1. The van der Waals surface area contributed by atoms with Crippen LogP contribution in [0.15, 0.2) is 54.6 Å². The first-order chi connectivity index (χ1) is 10.3. The van der Waals surface area contributed by atoms with Crippen molar-refractivity contribution in [3.8, 4) is 5.75 Å². The van der Waals surface area contributed by atoms with Gasteiger partial charge in [0.2, 0.25) is 0 Å². The van der Waals surface area contributed by atoms with Gasteiger partial charge in [0.1, 0.15) is 5.75 Å². The predicted molar refractivity (Wildman–Crippen MR) is 85.3 cm³/mol. The fraction of sp³-hybridized carbons (Fsp3) is 0.333. The summed E-state index contributed by atoms with van der Waals surface area (Å²) in [6.07, 6.45) is 1.08. The lowest BCUT2D eigenvalue weighted by Crippen LogP contribution is -2.51. The van der Waals surface area contributed by atoms with Gasteiger partial charge in [0.05, 0.1) is 0 Å². The standard InChI is InChI=1S/C18H22N2O/c21-18-8-6-16(7-9-18)14-20-11-10-19-13-17(20)12-15-4-2-1-3-5-15/h1-9,17,19,21H,10-14H2. The quantitative estimate of drug-likeness (QED) is 0.904. The molecule has 0 aromatic heterocycles. The number of aromatic hydroxyl groups is 1. The summed E-state index contributed by atoms with van der Waals surface area (Å²) in [5, 5.41) is 12.9. The Morgan fingerprint density at radius 2 is 1.76 bits per heavy atom. The van der Waals surface area contributed by atoms with Crippen molar-refractivity contribution in [1.82, 2.24) is 10.2 Å². The van der Waals surface area contributed by atoms with Crippen LogP contribution in [0.5, 0.6) is 5.75 Å². The van der Waals surface area contributed by atoms with Crippen LogP contribution in [0.3, 0.4) is 0 Å². The molecule has 3 heteroatoms. The van der Waals surface area contributed by atoms with Crippen LogP contribution in [-0.4, -0.2) is 35.7 Å². The van der Waals surface area contributed by atoms with E-state index in [1.54, 1.807) is 12.1 Å². The molecule has 1 unspecified atom stereocenters. The summed E-state index contributed by atoms with van der Waals surface area (Å²) in [7, 11) is 0. The molecule has 1 heterocycles. The van der Waals surface area contributed by atoms with Crippen molar-refractivity contribution >= 4 is 0 Å². The van der Waals surface area contributed by atoms with Gasteiger partial charge in [-0.25, -0.2) is 0 Å². The van der Waals surface area contributed by atoms with Crippen molar-refractivity contribution in [2.75, 3.05) is 19.6 Å². The van der Waals surface area contributed by atoms with Crippen LogP contribution >= 0.6 is 0 Å². The van der Waals surface area contributed by atoms with Crippen LogP contribution in [0.4, 0.5) is 0 Å². The van der Waals surface area contributed by atoms with E-state index in [9.17, 15) is 5.11 Å². The third-order valence-corrected chi connectivity index (χ3v) is 4.11. The molecule has 1 aliphatic rings. The average molecular weight is 282 g/mol. The Labute approximate surface area is 126 Å². The topological polar surface area (TPSA) is 35.5 Å². The smallest absolute Gasteiger partial charge is 0.115 e. The molecule has 1 aliphatic heterocycles. The van der Waals surface area contributed by atoms with Gasteiger partial charge in [-0.1, -0.05) is 42.5 Å². The van der Waals surface area contributed by atoms with Gasteiger partial charge in [0.15, 0.2) is 0 Å². The first-order valence-corrected chi connectivity index (χ1v) is 7.58. The van der Waals surface area contributed by atoms with Crippen LogP contribution in [0.1, 0.15) is 11.1 Å². The van der Waals surface area contributed by atoms with Gasteiger partial charge in [-0.3, -0.25) is 4.90 Å². The number of piperazine rings is 1. The molecule has 1 saturated heterocycles. The van der Waals surface area contributed by atoms with Crippen molar-refractivity contribution < 1.29 is 5.11 Å². The molecule has 0 aliphatic carbocycles. The summed E-state index contributed by atoms with van der Waals surface area (Å²) in [6.45, 7) is 4.09. The van der Waals surface area contributed by atoms with Gasteiger partial charge < -0.3 is 10.4 Å². The summed E-state index contributed by atoms with van der Waals surface area (Å²) in [4.78, 5) is 2.54. The Bertz CT molecular complexity index is 553. The molecule has 3 nitrogen and oxygen atoms in total. The summed E-state index contributed by atoms with van der Waals surface area (Å²) < 4.78 is 0. The van der Waals surface area contributed by atoms with E-state index in [2.05, 4.69) is 40.5 Å². The highest BCUT2D eigenvalue weighted by atomic mass is 16.3. The highest BCUT2D eigenvalue weighted by molar-refractivity contribution is 5.26. The minimum Gasteiger partial charge on any atom is -0.508 e. The molecule has 2 N–H and O–H groups in total. The SMILES string of the molecule is Oc1ccc(CN2CCNCC2Cc2ccccc2)cc1. The van der Waals surface area contributed by atoms with Crippen LogP contribution in [0, 0.1) is 0 Å². The van der Waals surface area contributed by atoms with Gasteiger partial charge in [0.25, 0.3) is 0 Å². The Hall–Kier alpha value is -1.84. The predicted octanol–water partition coefficient (Wildman–Crippen LogP) is 2.41. The zero-order chi connectivity index (χ0) is 14.5. The largest absolute Gasteiger partial charge is 0.508 e. The second kappa shape index (κ2) is 6.74. The molecule has 1 fully saturated rings. The lowest BCUT2D eigenvalue weighted by molar-refractivity contribution is 0.152. The molecule has 21 heavy (non-hydrogen) atoms. The highest BCUT2D eigenvalue weighted by Gasteiger charge is 2.22. The van der Waals surface area contributed by atoms with E-state index in [4.69, 9.17) is 0 Å². The van der Waals surface area contributed by atoms with E-state index in [0.29, 0.717) is 11.8 Å². The monoisotopic (exact) mass is 282 g/mol. The number of benzene rings is 2. The normalized spacial score (nSPS) is 19.5. The molecule has 110 valence electrons. The minimum absolute atomic E-state index is 0.333. The number of phenolic OH excluding ortho intramolecular Hbond substituents is 1. The van der Waals surface area contributed by atoms with E-state index < -0.39 is 0 Å². The van der Waals surface area contributed by atoms with E-state index in [1.165, 1.54) is 11.1 Å². The molecule has 0 bridgehead atoms. The van der Waals surface area contributed by atoms with E-state index in [0.717, 1.165) is 32.6 Å². The van der Waals surface area contributed by atoms with E-state index in [-0.39, 0.29) is 0 Å². The first-order valence-electron chi connectivity index (χ1n) is 7.58. The van der Waals surface area contributed by atoms with Crippen molar-refractivity contribution in [2.45, 2.75) is 19.0 Å². The Morgan fingerprint density at radius 1 is 1.00 bits per heavy atom. The zero-order valence-electron chi connectivity index (χ0n) is 12.2.